The molecule has 1 saturated carbocycles. The van der Waals surface area contributed by atoms with Gasteiger partial charge in [0.25, 0.3) is 0 Å². The predicted octanol–water partition coefficient (Wildman–Crippen LogP) is 4.23. The smallest absolute Gasteiger partial charge is 0.230 e. The lowest BCUT2D eigenvalue weighted by Gasteiger charge is -2.34. The monoisotopic (exact) mass is 390 g/mol. The minimum atomic E-state index is 0.0737. The molecule has 2 heterocycles. The van der Waals surface area contributed by atoms with E-state index in [9.17, 15) is 4.79 Å². The molecule has 27 heavy (non-hydrogen) atoms. The first-order valence-electron chi connectivity index (χ1n) is 9.85. The van der Waals surface area contributed by atoms with Crippen LogP contribution in [0, 0.1) is 17.8 Å². The van der Waals surface area contributed by atoms with Gasteiger partial charge in [-0.1, -0.05) is 52.3 Å². The highest BCUT2D eigenvalue weighted by atomic mass is 32.2. The number of carbonyl (C=O) groups excluding carboxylic acids is 1. The van der Waals surface area contributed by atoms with E-state index in [0.29, 0.717) is 35.1 Å². The lowest BCUT2D eigenvalue weighted by molar-refractivity contribution is -0.120. The zero-order valence-corrected chi connectivity index (χ0v) is 17.5. The minimum Gasteiger partial charge on any atom is -0.461 e. The summed E-state index contributed by atoms with van der Waals surface area (Å²) < 4.78 is 7.54. The van der Waals surface area contributed by atoms with Crippen LogP contribution in [-0.2, 0) is 11.3 Å². The molecule has 0 bridgehead atoms. The normalized spacial score (nSPS) is 22.9. The van der Waals surface area contributed by atoms with E-state index in [1.807, 2.05) is 16.7 Å². The van der Waals surface area contributed by atoms with Crippen LogP contribution in [0.4, 0.5) is 0 Å². The van der Waals surface area contributed by atoms with Gasteiger partial charge in [-0.15, -0.1) is 10.2 Å². The summed E-state index contributed by atoms with van der Waals surface area (Å²) >= 11 is 1.44. The van der Waals surface area contributed by atoms with E-state index in [1.54, 1.807) is 6.26 Å². The van der Waals surface area contributed by atoms with Crippen LogP contribution in [-0.4, -0.2) is 32.5 Å². The Morgan fingerprint density at radius 3 is 2.89 bits per heavy atom. The number of carbonyl (C=O) groups is 1. The van der Waals surface area contributed by atoms with Gasteiger partial charge >= 0.3 is 0 Å². The van der Waals surface area contributed by atoms with Gasteiger partial charge in [-0.05, 0) is 36.3 Å². The number of nitrogens with zero attached hydrogens (tertiary/aromatic N) is 3. The second kappa shape index (κ2) is 8.95. The van der Waals surface area contributed by atoms with Crippen molar-refractivity contribution < 1.29 is 9.21 Å². The molecule has 1 amide bonds. The van der Waals surface area contributed by atoms with Crippen LogP contribution >= 0.6 is 11.8 Å². The van der Waals surface area contributed by atoms with Gasteiger partial charge in [-0.2, -0.15) is 0 Å². The molecule has 0 aliphatic heterocycles. The van der Waals surface area contributed by atoms with Gasteiger partial charge in [-0.25, -0.2) is 0 Å². The summed E-state index contributed by atoms with van der Waals surface area (Å²) in [6.45, 7) is 9.61. The maximum Gasteiger partial charge on any atom is 0.230 e. The lowest BCUT2D eigenvalue weighted by Crippen LogP contribution is -2.44. The number of hydrogen-bond acceptors (Lipinski definition) is 5. The molecule has 7 heteroatoms. The largest absolute Gasteiger partial charge is 0.461 e. The van der Waals surface area contributed by atoms with Crippen LogP contribution in [0.3, 0.4) is 0 Å². The standard InChI is InChI=1S/C20H30N4O2S/c1-13(2)11-24-19(17-9-6-10-26-17)22-23-20(24)27-12-18(25)21-16-8-5-7-14(3)15(16)4/h6,9-10,13-16H,5,7-8,11-12H2,1-4H3,(H,21,25). The van der Waals surface area contributed by atoms with E-state index in [-0.39, 0.29) is 11.9 Å². The molecule has 148 valence electrons. The summed E-state index contributed by atoms with van der Waals surface area (Å²) in [5, 5.41) is 12.6. The van der Waals surface area contributed by atoms with Gasteiger partial charge in [0.1, 0.15) is 0 Å². The van der Waals surface area contributed by atoms with Crippen molar-refractivity contribution in [2.45, 2.75) is 64.7 Å². The maximum absolute atomic E-state index is 12.5. The molecule has 3 atom stereocenters. The second-order valence-electron chi connectivity index (χ2n) is 8.02. The molecule has 2 aromatic heterocycles. The van der Waals surface area contributed by atoms with Crippen molar-refractivity contribution in [2.75, 3.05) is 5.75 Å². The molecular weight excluding hydrogens is 360 g/mol. The van der Waals surface area contributed by atoms with Crippen LogP contribution in [0.2, 0.25) is 0 Å². The molecule has 1 N–H and O–H groups in total. The highest BCUT2D eigenvalue weighted by Gasteiger charge is 2.28. The van der Waals surface area contributed by atoms with E-state index < -0.39 is 0 Å². The van der Waals surface area contributed by atoms with Crippen LogP contribution in [0.25, 0.3) is 11.6 Å². The predicted molar refractivity (Wildman–Crippen MR) is 107 cm³/mol. The van der Waals surface area contributed by atoms with Gasteiger partial charge in [0.2, 0.25) is 5.91 Å². The zero-order chi connectivity index (χ0) is 19.4. The molecule has 3 unspecified atom stereocenters. The Morgan fingerprint density at radius 1 is 1.37 bits per heavy atom. The fourth-order valence-corrected chi connectivity index (χ4v) is 4.44. The number of thioether (sulfide) groups is 1. The summed E-state index contributed by atoms with van der Waals surface area (Å²) in [4.78, 5) is 12.5. The first-order valence-corrected chi connectivity index (χ1v) is 10.8. The Hall–Kier alpha value is -1.76. The highest BCUT2D eigenvalue weighted by molar-refractivity contribution is 7.99. The van der Waals surface area contributed by atoms with Gasteiger partial charge < -0.3 is 9.73 Å². The van der Waals surface area contributed by atoms with Crippen LogP contribution in [0.1, 0.15) is 47.0 Å². The van der Waals surface area contributed by atoms with Gasteiger partial charge in [0.05, 0.1) is 12.0 Å². The minimum absolute atomic E-state index is 0.0737. The van der Waals surface area contributed by atoms with Crippen LogP contribution < -0.4 is 5.32 Å². The summed E-state index contributed by atoms with van der Waals surface area (Å²) in [5.41, 5.74) is 0. The Morgan fingerprint density at radius 2 is 2.19 bits per heavy atom. The van der Waals surface area contributed by atoms with Gasteiger partial charge in [0.15, 0.2) is 16.7 Å². The lowest BCUT2D eigenvalue weighted by atomic mass is 9.78. The molecule has 1 fully saturated rings. The molecule has 0 spiro atoms. The van der Waals surface area contributed by atoms with Crippen molar-refractivity contribution in [3.8, 4) is 11.6 Å². The van der Waals surface area contributed by atoms with Crippen molar-refractivity contribution >= 4 is 17.7 Å². The molecule has 3 rings (SSSR count). The molecular formula is C20H30N4O2S. The highest BCUT2D eigenvalue weighted by Crippen LogP contribution is 2.30. The van der Waals surface area contributed by atoms with Crippen LogP contribution in [0.5, 0.6) is 0 Å². The van der Waals surface area contributed by atoms with Crippen molar-refractivity contribution in [3.63, 3.8) is 0 Å². The Labute approximate surface area is 165 Å². The second-order valence-corrected chi connectivity index (χ2v) is 8.96. The number of aromatic nitrogens is 3. The Bertz CT molecular complexity index is 741. The fraction of sp³-hybridized carbons (Fsp3) is 0.650. The van der Waals surface area contributed by atoms with Crippen molar-refractivity contribution in [1.29, 1.82) is 0 Å². The third-order valence-corrected chi connectivity index (χ3v) is 6.36. The van der Waals surface area contributed by atoms with E-state index >= 15 is 0 Å². The SMILES string of the molecule is CC(C)Cn1c(SCC(=O)NC2CCCC(C)C2C)nnc1-c1ccco1. The Balaban J connectivity index is 1.64. The third-order valence-electron chi connectivity index (χ3n) is 5.39. The molecule has 6 nitrogen and oxygen atoms in total. The summed E-state index contributed by atoms with van der Waals surface area (Å²) in [5.74, 6) is 3.48. The average molecular weight is 391 g/mol. The summed E-state index contributed by atoms with van der Waals surface area (Å²) in [7, 11) is 0. The van der Waals surface area contributed by atoms with Gasteiger partial charge in [0, 0.05) is 12.6 Å². The number of amides is 1. The zero-order valence-electron chi connectivity index (χ0n) is 16.6. The molecule has 0 radical (unpaired) electrons. The number of rotatable bonds is 7. The quantitative estimate of drug-likeness (QED) is 0.716. The summed E-state index contributed by atoms with van der Waals surface area (Å²) in [6, 6.07) is 4.01. The first kappa shape index (κ1) is 20.0. The van der Waals surface area contributed by atoms with E-state index in [4.69, 9.17) is 4.42 Å². The van der Waals surface area contributed by atoms with Crippen molar-refractivity contribution in [1.82, 2.24) is 20.1 Å². The Kier molecular flexibility index (Phi) is 6.63. The maximum atomic E-state index is 12.5. The number of hydrogen-bond donors (Lipinski definition) is 1. The number of furan rings is 1. The molecule has 1 aliphatic rings. The van der Waals surface area contributed by atoms with Crippen molar-refractivity contribution in [2.24, 2.45) is 17.8 Å². The average Bonchev–Trinajstić information content (AvgIpc) is 3.26. The summed E-state index contributed by atoms with van der Waals surface area (Å²) in [6.07, 6.45) is 5.17. The van der Waals surface area contributed by atoms with E-state index in [2.05, 4.69) is 43.2 Å². The third kappa shape index (κ3) is 4.94. The first-order chi connectivity index (χ1) is 13.0. The molecule has 0 saturated heterocycles. The van der Waals surface area contributed by atoms with E-state index in [1.165, 1.54) is 24.6 Å². The molecule has 2 aromatic rings. The molecule has 0 aromatic carbocycles. The fourth-order valence-electron chi connectivity index (χ4n) is 3.68. The van der Waals surface area contributed by atoms with E-state index in [0.717, 1.165) is 18.1 Å². The number of nitrogens with one attached hydrogen (secondary N) is 1. The molecule has 1 aliphatic carbocycles. The van der Waals surface area contributed by atoms with Crippen molar-refractivity contribution in [3.05, 3.63) is 18.4 Å². The topological polar surface area (TPSA) is 73.0 Å². The van der Waals surface area contributed by atoms with Crippen LogP contribution in [0.15, 0.2) is 28.0 Å². The van der Waals surface area contributed by atoms with Gasteiger partial charge in [-0.3, -0.25) is 9.36 Å².